The molecule has 1 aromatic rings. The Morgan fingerprint density at radius 2 is 2.38 bits per heavy atom. The second kappa shape index (κ2) is 4.52. The smallest absolute Gasteiger partial charge is 0.260 e. The van der Waals surface area contributed by atoms with Crippen LogP contribution in [0.25, 0.3) is 0 Å². The van der Waals surface area contributed by atoms with E-state index >= 15 is 0 Å². The van der Waals surface area contributed by atoms with Gasteiger partial charge in [0.2, 0.25) is 0 Å². The predicted molar refractivity (Wildman–Crippen MR) is 59.4 cm³/mol. The quantitative estimate of drug-likeness (QED) is 0.770. The van der Waals surface area contributed by atoms with Gasteiger partial charge in [0.05, 0.1) is 6.20 Å². The van der Waals surface area contributed by atoms with Crippen LogP contribution in [0.1, 0.15) is 12.8 Å². The third-order valence-electron chi connectivity index (χ3n) is 2.92. The zero-order valence-electron chi connectivity index (χ0n) is 9.18. The molecule has 1 aliphatic rings. The molecular formula is C9H16N4O2S. The molecule has 0 bridgehead atoms. The normalized spacial score (nSPS) is 22.5. The first-order chi connectivity index (χ1) is 7.62. The summed E-state index contributed by atoms with van der Waals surface area (Å²) in [4.78, 5) is 0. The van der Waals surface area contributed by atoms with Gasteiger partial charge >= 0.3 is 0 Å². The number of aromatic nitrogens is 2. The van der Waals surface area contributed by atoms with Gasteiger partial charge in [-0.25, -0.2) is 8.42 Å². The molecule has 1 unspecified atom stereocenters. The van der Waals surface area contributed by atoms with Crippen molar-refractivity contribution in [2.75, 3.05) is 20.1 Å². The molecule has 0 aromatic carbocycles. The summed E-state index contributed by atoms with van der Waals surface area (Å²) in [5, 5.41) is 9.52. The molecule has 16 heavy (non-hydrogen) atoms. The highest BCUT2D eigenvalue weighted by Gasteiger charge is 2.29. The van der Waals surface area contributed by atoms with Gasteiger partial charge in [0.15, 0.2) is 5.03 Å². The Morgan fingerprint density at radius 1 is 1.56 bits per heavy atom. The Balaban J connectivity index is 2.17. The van der Waals surface area contributed by atoms with E-state index in [0.29, 0.717) is 6.54 Å². The molecule has 7 heteroatoms. The molecule has 2 heterocycles. The average Bonchev–Trinajstić information content (AvgIpc) is 2.83. The third kappa shape index (κ3) is 2.11. The van der Waals surface area contributed by atoms with Gasteiger partial charge in [0.1, 0.15) is 0 Å². The zero-order chi connectivity index (χ0) is 11.6. The summed E-state index contributed by atoms with van der Waals surface area (Å²) >= 11 is 0. The zero-order valence-corrected chi connectivity index (χ0v) is 10.00. The van der Waals surface area contributed by atoms with Crippen LogP contribution in [0.4, 0.5) is 0 Å². The van der Waals surface area contributed by atoms with E-state index in [-0.39, 0.29) is 11.1 Å². The van der Waals surface area contributed by atoms with Crippen molar-refractivity contribution in [1.82, 2.24) is 19.8 Å². The van der Waals surface area contributed by atoms with E-state index in [1.807, 2.05) is 0 Å². The molecule has 1 aromatic heterocycles. The van der Waals surface area contributed by atoms with Crippen LogP contribution in [0.5, 0.6) is 0 Å². The SMILES string of the molecule is CN(C1CCCNC1)S(=O)(=O)c1ccn[nH]1. The molecule has 0 aliphatic carbocycles. The minimum Gasteiger partial charge on any atom is -0.315 e. The van der Waals surface area contributed by atoms with Gasteiger partial charge in [-0.05, 0) is 25.5 Å². The Labute approximate surface area is 95.1 Å². The maximum atomic E-state index is 12.1. The fourth-order valence-corrected chi connectivity index (χ4v) is 3.17. The minimum atomic E-state index is -3.42. The summed E-state index contributed by atoms with van der Waals surface area (Å²) in [6.45, 7) is 1.68. The molecule has 1 atom stereocenters. The van der Waals surface area contributed by atoms with E-state index in [1.165, 1.54) is 16.6 Å². The van der Waals surface area contributed by atoms with Gasteiger partial charge in [-0.2, -0.15) is 9.40 Å². The molecule has 1 saturated heterocycles. The summed E-state index contributed by atoms with van der Waals surface area (Å²) in [7, 11) is -1.80. The van der Waals surface area contributed by atoms with Crippen molar-refractivity contribution in [3.8, 4) is 0 Å². The molecule has 2 rings (SSSR count). The van der Waals surface area contributed by atoms with Crippen LogP contribution < -0.4 is 5.32 Å². The average molecular weight is 244 g/mol. The first kappa shape index (κ1) is 11.6. The molecule has 0 radical (unpaired) electrons. The van der Waals surface area contributed by atoms with Crippen molar-refractivity contribution in [3.05, 3.63) is 12.3 Å². The predicted octanol–water partition coefficient (Wildman–Crippen LogP) is -0.218. The van der Waals surface area contributed by atoms with Crippen LogP contribution in [-0.4, -0.2) is 49.1 Å². The van der Waals surface area contributed by atoms with Crippen molar-refractivity contribution in [1.29, 1.82) is 0 Å². The number of sulfonamides is 1. The number of aromatic amines is 1. The highest BCUT2D eigenvalue weighted by molar-refractivity contribution is 7.89. The van der Waals surface area contributed by atoms with Crippen molar-refractivity contribution in [2.24, 2.45) is 0 Å². The van der Waals surface area contributed by atoms with Crippen molar-refractivity contribution in [2.45, 2.75) is 23.9 Å². The first-order valence-corrected chi connectivity index (χ1v) is 6.74. The number of hydrogen-bond acceptors (Lipinski definition) is 4. The van der Waals surface area contributed by atoms with Crippen LogP contribution in [0, 0.1) is 0 Å². The third-order valence-corrected chi connectivity index (χ3v) is 4.76. The molecular weight excluding hydrogens is 228 g/mol. The van der Waals surface area contributed by atoms with E-state index in [9.17, 15) is 8.42 Å². The minimum absolute atomic E-state index is 0.0297. The monoisotopic (exact) mass is 244 g/mol. The highest BCUT2D eigenvalue weighted by atomic mass is 32.2. The number of hydrogen-bond donors (Lipinski definition) is 2. The maximum absolute atomic E-state index is 12.1. The number of piperidine rings is 1. The van der Waals surface area contributed by atoms with Crippen LogP contribution in [0.2, 0.25) is 0 Å². The molecule has 1 fully saturated rings. The van der Waals surface area contributed by atoms with Crippen molar-refractivity contribution >= 4 is 10.0 Å². The molecule has 90 valence electrons. The summed E-state index contributed by atoms with van der Waals surface area (Å²) < 4.78 is 25.7. The van der Waals surface area contributed by atoms with Gasteiger partial charge < -0.3 is 5.32 Å². The van der Waals surface area contributed by atoms with Crippen molar-refractivity contribution < 1.29 is 8.42 Å². The summed E-state index contributed by atoms with van der Waals surface area (Å²) in [5.41, 5.74) is 0. The van der Waals surface area contributed by atoms with E-state index in [1.54, 1.807) is 7.05 Å². The number of rotatable bonds is 3. The van der Waals surface area contributed by atoms with Gasteiger partial charge in [-0.3, -0.25) is 5.10 Å². The fourth-order valence-electron chi connectivity index (χ4n) is 1.88. The number of H-pyrrole nitrogens is 1. The van der Waals surface area contributed by atoms with Gasteiger partial charge in [-0.15, -0.1) is 0 Å². The van der Waals surface area contributed by atoms with Crippen molar-refractivity contribution in [3.63, 3.8) is 0 Å². The second-order valence-corrected chi connectivity index (χ2v) is 5.91. The summed E-state index contributed by atoms with van der Waals surface area (Å²) in [6, 6.07) is 1.50. The number of nitrogens with one attached hydrogen (secondary N) is 2. The molecule has 2 N–H and O–H groups in total. The largest absolute Gasteiger partial charge is 0.315 e. The Hall–Kier alpha value is -0.920. The maximum Gasteiger partial charge on any atom is 0.260 e. The van der Waals surface area contributed by atoms with Gasteiger partial charge in [-0.1, -0.05) is 0 Å². The molecule has 0 spiro atoms. The lowest BCUT2D eigenvalue weighted by Crippen LogP contribution is -2.46. The number of nitrogens with zero attached hydrogens (tertiary/aromatic N) is 2. The first-order valence-electron chi connectivity index (χ1n) is 5.30. The molecule has 6 nitrogen and oxygen atoms in total. The topological polar surface area (TPSA) is 78.1 Å². The Kier molecular flexibility index (Phi) is 3.27. The number of likely N-dealkylation sites (N-methyl/N-ethyl adjacent to an activating group) is 1. The lowest BCUT2D eigenvalue weighted by atomic mass is 10.1. The van der Waals surface area contributed by atoms with E-state index in [4.69, 9.17) is 0 Å². The molecule has 0 amide bonds. The van der Waals surface area contributed by atoms with E-state index in [0.717, 1.165) is 19.4 Å². The van der Waals surface area contributed by atoms with Crippen LogP contribution in [0.15, 0.2) is 17.3 Å². The van der Waals surface area contributed by atoms with Crippen LogP contribution >= 0.6 is 0 Å². The lowest BCUT2D eigenvalue weighted by molar-refractivity contribution is 0.299. The van der Waals surface area contributed by atoms with Crippen LogP contribution in [0.3, 0.4) is 0 Å². The standard InChI is InChI=1S/C9H16N4O2S/c1-13(8-3-2-5-10-7-8)16(14,15)9-4-6-11-12-9/h4,6,8,10H,2-3,5,7H2,1H3,(H,11,12). The van der Waals surface area contributed by atoms with E-state index in [2.05, 4.69) is 15.5 Å². The molecule has 1 aliphatic heterocycles. The van der Waals surface area contributed by atoms with Gasteiger partial charge in [0, 0.05) is 19.6 Å². The fraction of sp³-hybridized carbons (Fsp3) is 0.667. The summed E-state index contributed by atoms with van der Waals surface area (Å²) in [5.74, 6) is 0. The molecule has 0 saturated carbocycles. The lowest BCUT2D eigenvalue weighted by Gasteiger charge is -2.30. The van der Waals surface area contributed by atoms with Crippen LogP contribution in [-0.2, 0) is 10.0 Å². The second-order valence-electron chi connectivity index (χ2n) is 3.94. The summed E-state index contributed by atoms with van der Waals surface area (Å²) in [6.07, 6.45) is 3.35. The highest BCUT2D eigenvalue weighted by Crippen LogP contribution is 2.17. The Bertz CT molecular complexity index is 422. The van der Waals surface area contributed by atoms with E-state index < -0.39 is 10.0 Å². The van der Waals surface area contributed by atoms with Gasteiger partial charge in [0.25, 0.3) is 10.0 Å². The Morgan fingerprint density at radius 3 is 2.94 bits per heavy atom.